The molecule has 3 rings (SSSR count). The van der Waals surface area contributed by atoms with E-state index in [1.165, 1.54) is 16.3 Å². The van der Waals surface area contributed by atoms with Crippen molar-refractivity contribution in [3.8, 4) is 0 Å². The maximum atomic E-state index is 11.7. The molecular formula is C11H8OS. The van der Waals surface area contributed by atoms with Crippen molar-refractivity contribution in [1.29, 1.82) is 0 Å². The lowest BCUT2D eigenvalue weighted by molar-refractivity contribution is 0.684. The topological polar surface area (TPSA) is 17.1 Å². The molecule has 0 aromatic heterocycles. The van der Waals surface area contributed by atoms with E-state index in [0.717, 1.165) is 4.90 Å². The Morgan fingerprint density at radius 2 is 1.85 bits per heavy atom. The quantitative estimate of drug-likeness (QED) is 0.620. The molecule has 0 radical (unpaired) electrons. The van der Waals surface area contributed by atoms with Crippen LogP contribution in [0.2, 0.25) is 0 Å². The fourth-order valence-corrected chi connectivity index (χ4v) is 3.30. The van der Waals surface area contributed by atoms with E-state index < -0.39 is 10.8 Å². The molecule has 13 heavy (non-hydrogen) atoms. The van der Waals surface area contributed by atoms with Crippen molar-refractivity contribution in [3.05, 3.63) is 42.0 Å². The van der Waals surface area contributed by atoms with E-state index in [4.69, 9.17) is 0 Å². The summed E-state index contributed by atoms with van der Waals surface area (Å²) in [5.74, 6) is 0.691. The third kappa shape index (κ3) is 0.893. The SMILES string of the molecule is O=[S@@]1Cc2cccc3cccc1c23. The molecule has 0 spiro atoms. The Labute approximate surface area is 78.8 Å². The van der Waals surface area contributed by atoms with Gasteiger partial charge in [0, 0.05) is 10.3 Å². The van der Waals surface area contributed by atoms with Crippen LogP contribution >= 0.6 is 0 Å². The lowest BCUT2D eigenvalue weighted by Crippen LogP contribution is -1.84. The summed E-state index contributed by atoms with van der Waals surface area (Å²) in [5, 5.41) is 2.42. The van der Waals surface area contributed by atoms with Crippen LogP contribution in [0.15, 0.2) is 41.3 Å². The highest BCUT2D eigenvalue weighted by Gasteiger charge is 2.19. The van der Waals surface area contributed by atoms with E-state index in [-0.39, 0.29) is 0 Å². The zero-order valence-electron chi connectivity index (χ0n) is 6.99. The number of benzene rings is 2. The fourth-order valence-electron chi connectivity index (χ4n) is 1.91. The standard InChI is InChI=1S/C11H8OS/c12-13-7-9-5-1-3-8-4-2-6-10(13)11(8)9/h1-6H,7H2/t13-/m1/s1. The van der Waals surface area contributed by atoms with Crippen LogP contribution in [0.4, 0.5) is 0 Å². The fraction of sp³-hybridized carbons (Fsp3) is 0.0909. The third-order valence-corrected chi connectivity index (χ3v) is 3.89. The Morgan fingerprint density at radius 3 is 2.69 bits per heavy atom. The second-order valence-corrected chi connectivity index (χ2v) is 4.68. The summed E-state index contributed by atoms with van der Waals surface area (Å²) in [7, 11) is -0.806. The largest absolute Gasteiger partial charge is 0.254 e. The number of rotatable bonds is 0. The molecule has 0 aliphatic carbocycles. The third-order valence-electron chi connectivity index (χ3n) is 2.48. The first kappa shape index (κ1) is 7.27. The second-order valence-electron chi connectivity index (χ2n) is 3.26. The average molecular weight is 188 g/mol. The summed E-state index contributed by atoms with van der Waals surface area (Å²) < 4.78 is 11.7. The molecule has 64 valence electrons. The zero-order chi connectivity index (χ0) is 8.84. The molecule has 2 aromatic carbocycles. The maximum Gasteiger partial charge on any atom is 0.0580 e. The molecule has 0 saturated carbocycles. The first-order chi connectivity index (χ1) is 6.36. The summed E-state index contributed by atoms with van der Waals surface area (Å²) in [6.45, 7) is 0. The summed E-state index contributed by atoms with van der Waals surface area (Å²) in [4.78, 5) is 1.01. The van der Waals surface area contributed by atoms with Crippen LogP contribution in [-0.2, 0) is 16.6 Å². The number of hydrogen-bond donors (Lipinski definition) is 0. The Morgan fingerprint density at radius 1 is 1.08 bits per heavy atom. The van der Waals surface area contributed by atoms with Crippen molar-refractivity contribution in [2.45, 2.75) is 10.6 Å². The van der Waals surface area contributed by atoms with Crippen LogP contribution in [0.1, 0.15) is 5.56 Å². The predicted octanol–water partition coefficient (Wildman–Crippen LogP) is 2.46. The molecule has 1 heterocycles. The summed E-state index contributed by atoms with van der Waals surface area (Å²) in [5.41, 5.74) is 1.23. The first-order valence-electron chi connectivity index (χ1n) is 4.25. The van der Waals surface area contributed by atoms with E-state index in [0.29, 0.717) is 5.75 Å². The van der Waals surface area contributed by atoms with Crippen molar-refractivity contribution in [2.75, 3.05) is 0 Å². The van der Waals surface area contributed by atoms with Crippen molar-refractivity contribution < 1.29 is 4.21 Å². The molecule has 0 unspecified atom stereocenters. The van der Waals surface area contributed by atoms with Crippen molar-refractivity contribution >= 4 is 21.6 Å². The molecular weight excluding hydrogens is 180 g/mol. The van der Waals surface area contributed by atoms with Crippen molar-refractivity contribution in [1.82, 2.24) is 0 Å². The van der Waals surface area contributed by atoms with Gasteiger partial charge in [0.15, 0.2) is 0 Å². The smallest absolute Gasteiger partial charge is 0.0580 e. The van der Waals surface area contributed by atoms with E-state index in [2.05, 4.69) is 18.2 Å². The lowest BCUT2D eigenvalue weighted by atomic mass is 10.1. The van der Waals surface area contributed by atoms with Crippen LogP contribution in [0.5, 0.6) is 0 Å². The lowest BCUT2D eigenvalue weighted by Gasteiger charge is -1.97. The molecule has 1 nitrogen and oxygen atoms in total. The summed E-state index contributed by atoms with van der Waals surface area (Å²) in [6, 6.07) is 12.2. The maximum absolute atomic E-state index is 11.7. The van der Waals surface area contributed by atoms with Gasteiger partial charge in [0.1, 0.15) is 0 Å². The summed E-state index contributed by atoms with van der Waals surface area (Å²) in [6.07, 6.45) is 0. The van der Waals surface area contributed by atoms with Gasteiger partial charge in [-0.2, -0.15) is 0 Å². The van der Waals surface area contributed by atoms with E-state index >= 15 is 0 Å². The van der Waals surface area contributed by atoms with Crippen LogP contribution in [0.25, 0.3) is 10.8 Å². The van der Waals surface area contributed by atoms with Crippen LogP contribution in [-0.4, -0.2) is 4.21 Å². The minimum absolute atomic E-state index is 0.691. The Hall–Kier alpha value is -1.15. The molecule has 1 atom stereocenters. The van der Waals surface area contributed by atoms with Gasteiger partial charge in [-0.3, -0.25) is 4.21 Å². The molecule has 0 bridgehead atoms. The van der Waals surface area contributed by atoms with Gasteiger partial charge in [-0.1, -0.05) is 30.3 Å². The molecule has 2 heteroatoms. The molecule has 1 aliphatic rings. The molecule has 0 amide bonds. The van der Waals surface area contributed by atoms with Gasteiger partial charge in [-0.15, -0.1) is 0 Å². The Kier molecular flexibility index (Phi) is 1.35. The molecule has 0 saturated heterocycles. The van der Waals surface area contributed by atoms with Crippen molar-refractivity contribution in [3.63, 3.8) is 0 Å². The predicted molar refractivity (Wildman–Crippen MR) is 54.1 cm³/mol. The van der Waals surface area contributed by atoms with Gasteiger partial charge in [0.2, 0.25) is 0 Å². The molecule has 2 aromatic rings. The van der Waals surface area contributed by atoms with Crippen LogP contribution in [0, 0.1) is 0 Å². The van der Waals surface area contributed by atoms with Crippen molar-refractivity contribution in [2.24, 2.45) is 0 Å². The minimum Gasteiger partial charge on any atom is -0.254 e. The van der Waals surface area contributed by atoms with Crippen LogP contribution in [0.3, 0.4) is 0 Å². The minimum atomic E-state index is -0.806. The second kappa shape index (κ2) is 2.42. The van der Waals surface area contributed by atoms with Gasteiger partial charge in [-0.05, 0) is 17.0 Å². The van der Waals surface area contributed by atoms with Gasteiger partial charge < -0.3 is 0 Å². The highest BCUT2D eigenvalue weighted by atomic mass is 32.2. The van der Waals surface area contributed by atoms with Gasteiger partial charge in [0.25, 0.3) is 0 Å². The van der Waals surface area contributed by atoms with E-state index in [1.54, 1.807) is 0 Å². The average Bonchev–Trinajstić information content (AvgIpc) is 2.47. The Balaban J connectivity index is 2.58. The Bertz CT molecular complexity index is 511. The summed E-state index contributed by atoms with van der Waals surface area (Å²) >= 11 is 0. The molecule has 1 aliphatic heterocycles. The monoisotopic (exact) mass is 188 g/mol. The van der Waals surface area contributed by atoms with Crippen LogP contribution < -0.4 is 0 Å². The normalized spacial score (nSPS) is 19.5. The highest BCUT2D eigenvalue weighted by Crippen LogP contribution is 2.33. The zero-order valence-corrected chi connectivity index (χ0v) is 7.80. The van der Waals surface area contributed by atoms with Gasteiger partial charge >= 0.3 is 0 Å². The molecule has 0 fully saturated rings. The molecule has 0 N–H and O–H groups in total. The van der Waals surface area contributed by atoms with E-state index in [1.807, 2.05) is 18.2 Å². The highest BCUT2D eigenvalue weighted by molar-refractivity contribution is 7.84. The number of hydrogen-bond acceptors (Lipinski definition) is 1. The van der Waals surface area contributed by atoms with Gasteiger partial charge in [0.05, 0.1) is 16.6 Å². The first-order valence-corrected chi connectivity index (χ1v) is 5.57. The van der Waals surface area contributed by atoms with E-state index in [9.17, 15) is 4.21 Å². The van der Waals surface area contributed by atoms with Gasteiger partial charge in [-0.25, -0.2) is 0 Å².